The molecule has 2 aromatic carbocycles. The van der Waals surface area contributed by atoms with Crippen LogP contribution in [0.25, 0.3) is 22.0 Å². The van der Waals surface area contributed by atoms with Crippen LogP contribution in [0.1, 0.15) is 21.5 Å². The number of hydrogen-bond acceptors (Lipinski definition) is 4. The molecule has 5 heteroatoms. The fourth-order valence-corrected chi connectivity index (χ4v) is 3.21. The van der Waals surface area contributed by atoms with Crippen LogP contribution in [-0.2, 0) is 0 Å². The molecule has 2 heterocycles. The van der Waals surface area contributed by atoms with Crippen LogP contribution in [-0.4, -0.2) is 15.9 Å². The summed E-state index contributed by atoms with van der Waals surface area (Å²) in [5.41, 5.74) is 11.7. The fraction of sp³-hybridized carbons (Fsp3) is 0.0870. The lowest BCUT2D eigenvalue weighted by Crippen LogP contribution is -2.13. The van der Waals surface area contributed by atoms with Crippen LogP contribution in [0.2, 0.25) is 0 Å². The SMILES string of the molecule is Cc1ccc(C(=O)Nc2ccc(-c3ccc(C)c4ncccc34)c(N)n2)cc1. The number of fused-ring (bicyclic) bond motifs is 1. The molecule has 0 saturated heterocycles. The summed E-state index contributed by atoms with van der Waals surface area (Å²) in [6.45, 7) is 4.01. The Morgan fingerprint density at radius 2 is 1.68 bits per heavy atom. The Bertz CT molecular complexity index is 1180. The highest BCUT2D eigenvalue weighted by Gasteiger charge is 2.12. The minimum Gasteiger partial charge on any atom is -0.383 e. The van der Waals surface area contributed by atoms with Gasteiger partial charge in [0.25, 0.3) is 5.91 Å². The molecular weight excluding hydrogens is 348 g/mol. The summed E-state index contributed by atoms with van der Waals surface area (Å²) in [5, 5.41) is 3.82. The lowest BCUT2D eigenvalue weighted by atomic mass is 9.99. The number of nitrogens with one attached hydrogen (secondary N) is 1. The van der Waals surface area contributed by atoms with E-state index in [9.17, 15) is 4.79 Å². The number of pyridine rings is 2. The molecule has 0 spiro atoms. The van der Waals surface area contributed by atoms with Crippen molar-refractivity contribution in [1.82, 2.24) is 9.97 Å². The van der Waals surface area contributed by atoms with Gasteiger partial charge in [0.05, 0.1) is 5.52 Å². The van der Waals surface area contributed by atoms with Gasteiger partial charge in [-0.25, -0.2) is 4.98 Å². The standard InChI is InChI=1S/C23H20N4O/c1-14-5-8-16(9-6-14)23(28)27-20-12-11-19(22(24)26-20)17-10-7-15(2)21-18(17)4-3-13-25-21/h3-13H,1-2H3,(H3,24,26,27,28). The monoisotopic (exact) mass is 368 g/mol. The average Bonchev–Trinajstić information content (AvgIpc) is 2.70. The van der Waals surface area contributed by atoms with Gasteiger partial charge in [0.2, 0.25) is 0 Å². The third-order valence-electron chi connectivity index (χ3n) is 4.74. The molecule has 0 unspecified atom stereocenters. The molecule has 0 fully saturated rings. The van der Waals surface area contributed by atoms with Crippen molar-refractivity contribution in [3.05, 3.63) is 83.6 Å². The topological polar surface area (TPSA) is 80.9 Å². The van der Waals surface area contributed by atoms with Crippen LogP contribution in [0.5, 0.6) is 0 Å². The summed E-state index contributed by atoms with van der Waals surface area (Å²) < 4.78 is 0. The predicted molar refractivity (Wildman–Crippen MR) is 113 cm³/mol. The van der Waals surface area contributed by atoms with E-state index in [1.807, 2.05) is 56.3 Å². The highest BCUT2D eigenvalue weighted by molar-refractivity contribution is 6.04. The van der Waals surface area contributed by atoms with E-state index in [2.05, 4.69) is 15.3 Å². The number of nitrogens with two attached hydrogens (primary N) is 1. The van der Waals surface area contributed by atoms with Crippen molar-refractivity contribution in [1.29, 1.82) is 0 Å². The number of benzene rings is 2. The van der Waals surface area contributed by atoms with Gasteiger partial charge in [0.1, 0.15) is 11.6 Å². The van der Waals surface area contributed by atoms with Crippen molar-refractivity contribution < 1.29 is 4.79 Å². The number of rotatable bonds is 3. The van der Waals surface area contributed by atoms with Gasteiger partial charge in [-0.05, 0) is 55.3 Å². The summed E-state index contributed by atoms with van der Waals surface area (Å²) in [7, 11) is 0. The number of carbonyl (C=O) groups is 1. The largest absolute Gasteiger partial charge is 0.383 e. The van der Waals surface area contributed by atoms with Gasteiger partial charge in [-0.1, -0.05) is 35.9 Å². The summed E-state index contributed by atoms with van der Waals surface area (Å²) in [6.07, 6.45) is 1.78. The van der Waals surface area contributed by atoms with Crippen LogP contribution in [0.4, 0.5) is 11.6 Å². The first kappa shape index (κ1) is 17.7. The first-order valence-corrected chi connectivity index (χ1v) is 9.02. The molecule has 4 aromatic rings. The summed E-state index contributed by atoms with van der Waals surface area (Å²) in [6, 6.07) is 19.0. The van der Waals surface area contributed by atoms with E-state index in [1.54, 1.807) is 24.4 Å². The molecule has 3 N–H and O–H groups in total. The lowest BCUT2D eigenvalue weighted by Gasteiger charge is -2.12. The third kappa shape index (κ3) is 3.30. The van der Waals surface area contributed by atoms with Gasteiger partial charge in [-0.3, -0.25) is 9.78 Å². The van der Waals surface area contributed by atoms with E-state index in [1.165, 1.54) is 0 Å². The minimum atomic E-state index is -0.218. The van der Waals surface area contributed by atoms with E-state index in [4.69, 9.17) is 5.73 Å². The molecule has 28 heavy (non-hydrogen) atoms. The Balaban J connectivity index is 1.66. The maximum absolute atomic E-state index is 12.4. The molecule has 5 nitrogen and oxygen atoms in total. The molecule has 4 rings (SSSR count). The number of nitrogen functional groups attached to an aromatic ring is 1. The molecule has 0 aliphatic rings. The van der Waals surface area contributed by atoms with Crippen molar-refractivity contribution in [3.63, 3.8) is 0 Å². The fourth-order valence-electron chi connectivity index (χ4n) is 3.21. The van der Waals surface area contributed by atoms with Crippen LogP contribution in [0.3, 0.4) is 0 Å². The second-order valence-electron chi connectivity index (χ2n) is 6.78. The Morgan fingerprint density at radius 3 is 2.43 bits per heavy atom. The molecular formula is C23H20N4O. The number of anilines is 2. The lowest BCUT2D eigenvalue weighted by molar-refractivity contribution is 0.102. The number of aryl methyl sites for hydroxylation is 2. The number of carbonyl (C=O) groups excluding carboxylic acids is 1. The van der Waals surface area contributed by atoms with E-state index < -0.39 is 0 Å². The van der Waals surface area contributed by atoms with Gasteiger partial charge < -0.3 is 11.1 Å². The predicted octanol–water partition coefficient (Wildman–Crippen LogP) is 4.75. The van der Waals surface area contributed by atoms with Crippen LogP contribution < -0.4 is 11.1 Å². The maximum atomic E-state index is 12.4. The quantitative estimate of drug-likeness (QED) is 0.547. The molecule has 0 saturated carbocycles. The first-order valence-electron chi connectivity index (χ1n) is 9.02. The van der Waals surface area contributed by atoms with Gasteiger partial charge in [-0.2, -0.15) is 0 Å². The highest BCUT2D eigenvalue weighted by Crippen LogP contribution is 2.33. The van der Waals surface area contributed by atoms with Crippen LogP contribution in [0.15, 0.2) is 66.9 Å². The molecule has 1 amide bonds. The second kappa shape index (κ2) is 7.12. The van der Waals surface area contributed by atoms with E-state index in [-0.39, 0.29) is 5.91 Å². The third-order valence-corrected chi connectivity index (χ3v) is 4.74. The van der Waals surface area contributed by atoms with Crippen molar-refractivity contribution in [3.8, 4) is 11.1 Å². The number of nitrogens with zero attached hydrogens (tertiary/aromatic N) is 2. The summed E-state index contributed by atoms with van der Waals surface area (Å²) in [4.78, 5) is 21.3. The van der Waals surface area contributed by atoms with Crippen molar-refractivity contribution in [2.75, 3.05) is 11.1 Å². The molecule has 0 atom stereocenters. The summed E-state index contributed by atoms with van der Waals surface area (Å²) in [5.74, 6) is 0.557. The Hall–Kier alpha value is -3.73. The molecule has 0 bridgehead atoms. The van der Waals surface area contributed by atoms with Gasteiger partial charge in [0.15, 0.2) is 0 Å². The van der Waals surface area contributed by atoms with Gasteiger partial charge in [-0.15, -0.1) is 0 Å². The van der Waals surface area contributed by atoms with E-state index in [0.29, 0.717) is 17.2 Å². The highest BCUT2D eigenvalue weighted by atomic mass is 16.1. The average molecular weight is 368 g/mol. The first-order chi connectivity index (χ1) is 13.5. The number of amides is 1. The Labute approximate surface area is 163 Å². The molecule has 2 aromatic heterocycles. The zero-order valence-corrected chi connectivity index (χ0v) is 15.7. The van der Waals surface area contributed by atoms with Crippen molar-refractivity contribution >= 4 is 28.4 Å². The summed E-state index contributed by atoms with van der Waals surface area (Å²) >= 11 is 0. The van der Waals surface area contributed by atoms with Gasteiger partial charge in [0, 0.05) is 22.7 Å². The molecule has 138 valence electrons. The Morgan fingerprint density at radius 1 is 0.929 bits per heavy atom. The van der Waals surface area contributed by atoms with E-state index >= 15 is 0 Å². The minimum absolute atomic E-state index is 0.218. The normalized spacial score (nSPS) is 10.8. The molecule has 0 radical (unpaired) electrons. The number of aromatic nitrogens is 2. The zero-order chi connectivity index (χ0) is 19.7. The maximum Gasteiger partial charge on any atom is 0.256 e. The van der Waals surface area contributed by atoms with E-state index in [0.717, 1.165) is 33.2 Å². The van der Waals surface area contributed by atoms with Gasteiger partial charge >= 0.3 is 0 Å². The Kier molecular flexibility index (Phi) is 4.49. The zero-order valence-electron chi connectivity index (χ0n) is 15.7. The second-order valence-corrected chi connectivity index (χ2v) is 6.78. The van der Waals surface area contributed by atoms with Crippen LogP contribution in [0, 0.1) is 13.8 Å². The van der Waals surface area contributed by atoms with Crippen molar-refractivity contribution in [2.24, 2.45) is 0 Å². The molecule has 0 aliphatic carbocycles. The smallest absolute Gasteiger partial charge is 0.256 e. The van der Waals surface area contributed by atoms with Crippen LogP contribution >= 0.6 is 0 Å². The number of hydrogen-bond donors (Lipinski definition) is 2. The molecule has 0 aliphatic heterocycles. The van der Waals surface area contributed by atoms with Crippen molar-refractivity contribution in [2.45, 2.75) is 13.8 Å².